The third-order valence-electron chi connectivity index (χ3n) is 5.16. The molecule has 0 saturated carbocycles. The predicted octanol–water partition coefficient (Wildman–Crippen LogP) is 2.28. The van der Waals surface area contributed by atoms with Crippen LogP contribution in [0, 0.1) is 0 Å². The third-order valence-corrected chi connectivity index (χ3v) is 5.16. The molecule has 2 heterocycles. The molecule has 0 aliphatic carbocycles. The molecule has 2 aliphatic rings. The Morgan fingerprint density at radius 1 is 1.16 bits per heavy atom. The fourth-order valence-corrected chi connectivity index (χ4v) is 3.71. The molecule has 0 bridgehead atoms. The first-order chi connectivity index (χ1) is 15.1. The van der Waals surface area contributed by atoms with Gasteiger partial charge in [-0.1, -0.05) is 48.5 Å². The van der Waals surface area contributed by atoms with E-state index < -0.39 is 18.0 Å². The molecule has 3 amide bonds. The number of rotatable bonds is 7. The van der Waals surface area contributed by atoms with E-state index in [1.165, 1.54) is 4.90 Å². The average molecular weight is 421 g/mol. The molecular formula is C23H23N3O5. The topological polar surface area (TPSA) is 97.0 Å². The minimum Gasteiger partial charge on any atom is -0.494 e. The van der Waals surface area contributed by atoms with Gasteiger partial charge >= 0.3 is 12.0 Å². The predicted molar refractivity (Wildman–Crippen MR) is 112 cm³/mol. The molecule has 2 aliphatic heterocycles. The first kappa shape index (κ1) is 20.5. The maximum absolute atomic E-state index is 12.9. The van der Waals surface area contributed by atoms with Gasteiger partial charge in [0, 0.05) is 12.1 Å². The zero-order valence-electron chi connectivity index (χ0n) is 17.1. The summed E-state index contributed by atoms with van der Waals surface area (Å²) in [6.45, 7) is 2.39. The molecule has 8 heteroatoms. The zero-order valence-corrected chi connectivity index (χ0v) is 17.1. The number of hydrogen-bond donors (Lipinski definition) is 2. The van der Waals surface area contributed by atoms with E-state index in [1.54, 1.807) is 12.1 Å². The second kappa shape index (κ2) is 8.91. The van der Waals surface area contributed by atoms with E-state index in [-0.39, 0.29) is 19.1 Å². The number of carbonyl (C=O) groups excluding carboxylic acids is 3. The van der Waals surface area contributed by atoms with Gasteiger partial charge in [0.25, 0.3) is 0 Å². The van der Waals surface area contributed by atoms with E-state index in [2.05, 4.69) is 10.6 Å². The van der Waals surface area contributed by atoms with E-state index in [0.717, 1.165) is 5.56 Å². The summed E-state index contributed by atoms with van der Waals surface area (Å²) in [7, 11) is 0. The van der Waals surface area contributed by atoms with Crippen LogP contribution < -0.4 is 15.4 Å². The maximum atomic E-state index is 12.9. The summed E-state index contributed by atoms with van der Waals surface area (Å²) in [6.07, 6.45) is 0. The smallest absolute Gasteiger partial charge is 0.338 e. The second-order valence-corrected chi connectivity index (χ2v) is 7.14. The Labute approximate surface area is 179 Å². The molecule has 0 saturated heterocycles. The molecule has 0 fully saturated rings. The van der Waals surface area contributed by atoms with Crippen LogP contribution >= 0.6 is 0 Å². The van der Waals surface area contributed by atoms with Gasteiger partial charge in [0.1, 0.15) is 18.9 Å². The van der Waals surface area contributed by atoms with Gasteiger partial charge in [-0.15, -0.1) is 0 Å². The number of esters is 1. The lowest BCUT2D eigenvalue weighted by molar-refractivity contribution is -0.136. The Balaban J connectivity index is 1.56. The zero-order chi connectivity index (χ0) is 21.8. The Bertz CT molecular complexity index is 1030. The van der Waals surface area contributed by atoms with Crippen molar-refractivity contribution in [3.05, 3.63) is 77.0 Å². The molecule has 0 radical (unpaired) electrons. The summed E-state index contributed by atoms with van der Waals surface area (Å²) in [5.41, 5.74) is 2.34. The highest BCUT2D eigenvalue weighted by atomic mass is 16.5. The molecule has 0 aromatic heterocycles. The monoisotopic (exact) mass is 421 g/mol. The van der Waals surface area contributed by atoms with Crippen LogP contribution in [0.3, 0.4) is 0 Å². The van der Waals surface area contributed by atoms with Crippen LogP contribution in [0.25, 0.3) is 0 Å². The van der Waals surface area contributed by atoms with Crippen LogP contribution in [0.5, 0.6) is 5.75 Å². The summed E-state index contributed by atoms with van der Waals surface area (Å²) in [4.78, 5) is 39.2. The molecule has 160 valence electrons. The lowest BCUT2D eigenvalue weighted by Gasteiger charge is -2.33. The summed E-state index contributed by atoms with van der Waals surface area (Å²) in [5, 5.41) is 5.63. The van der Waals surface area contributed by atoms with Crippen LogP contribution in [-0.4, -0.2) is 42.6 Å². The van der Waals surface area contributed by atoms with E-state index >= 15 is 0 Å². The first-order valence-electron chi connectivity index (χ1n) is 10.1. The van der Waals surface area contributed by atoms with Crippen molar-refractivity contribution in [3.63, 3.8) is 0 Å². The van der Waals surface area contributed by atoms with Crippen LogP contribution in [0.4, 0.5) is 4.79 Å². The number of hydrogen-bond acceptors (Lipinski definition) is 5. The molecule has 2 aromatic rings. The number of nitrogens with zero attached hydrogens (tertiary/aromatic N) is 1. The molecule has 0 unspecified atom stereocenters. The number of amides is 3. The minimum absolute atomic E-state index is 0.0547. The molecule has 2 aromatic carbocycles. The lowest BCUT2D eigenvalue weighted by Crippen LogP contribution is -2.50. The van der Waals surface area contributed by atoms with Crippen molar-refractivity contribution in [1.82, 2.24) is 15.5 Å². The molecule has 0 spiro atoms. The second-order valence-electron chi connectivity index (χ2n) is 7.14. The summed E-state index contributed by atoms with van der Waals surface area (Å²) < 4.78 is 10.9. The van der Waals surface area contributed by atoms with E-state index in [0.29, 0.717) is 35.7 Å². The number of urea groups is 1. The van der Waals surface area contributed by atoms with Crippen LogP contribution in [0.15, 0.2) is 65.9 Å². The van der Waals surface area contributed by atoms with E-state index in [9.17, 15) is 14.4 Å². The number of ether oxygens (including phenoxy) is 2. The van der Waals surface area contributed by atoms with Crippen molar-refractivity contribution in [2.24, 2.45) is 0 Å². The van der Waals surface area contributed by atoms with Gasteiger partial charge < -0.3 is 20.1 Å². The van der Waals surface area contributed by atoms with Gasteiger partial charge in [-0.3, -0.25) is 9.69 Å². The third kappa shape index (κ3) is 4.23. The van der Waals surface area contributed by atoms with Crippen molar-refractivity contribution in [1.29, 1.82) is 0 Å². The van der Waals surface area contributed by atoms with E-state index in [1.807, 2.05) is 49.4 Å². The molecular weight excluding hydrogens is 398 g/mol. The quantitative estimate of drug-likeness (QED) is 0.669. The SMILES string of the molecule is CCOc1ccccc1[C@@H]1NC(=O)N(CC(=O)NCc2ccccc2)C2=C1C(=O)OC2. The normalized spacial score (nSPS) is 17.7. The van der Waals surface area contributed by atoms with Crippen LogP contribution in [0.2, 0.25) is 0 Å². The average Bonchev–Trinajstić information content (AvgIpc) is 3.17. The highest BCUT2D eigenvalue weighted by Gasteiger charge is 2.43. The van der Waals surface area contributed by atoms with Crippen molar-refractivity contribution in [3.8, 4) is 5.75 Å². The molecule has 31 heavy (non-hydrogen) atoms. The van der Waals surface area contributed by atoms with Crippen molar-refractivity contribution in [2.45, 2.75) is 19.5 Å². The fourth-order valence-electron chi connectivity index (χ4n) is 3.71. The van der Waals surface area contributed by atoms with Crippen LogP contribution in [0.1, 0.15) is 24.1 Å². The molecule has 1 atom stereocenters. The Morgan fingerprint density at radius 2 is 1.90 bits per heavy atom. The number of nitrogens with one attached hydrogen (secondary N) is 2. The van der Waals surface area contributed by atoms with Gasteiger partial charge in [0.2, 0.25) is 5.91 Å². The van der Waals surface area contributed by atoms with Gasteiger partial charge in [0.15, 0.2) is 0 Å². The van der Waals surface area contributed by atoms with Crippen molar-refractivity contribution in [2.75, 3.05) is 19.8 Å². The Kier molecular flexibility index (Phi) is 5.88. The summed E-state index contributed by atoms with van der Waals surface area (Å²) in [5.74, 6) is -0.268. The Hall–Kier alpha value is -3.81. The summed E-state index contributed by atoms with van der Waals surface area (Å²) >= 11 is 0. The number of para-hydroxylation sites is 1. The van der Waals surface area contributed by atoms with Gasteiger partial charge in [0.05, 0.1) is 23.9 Å². The minimum atomic E-state index is -0.705. The summed E-state index contributed by atoms with van der Waals surface area (Å²) in [6, 6.07) is 15.5. The van der Waals surface area contributed by atoms with Gasteiger partial charge in [-0.05, 0) is 18.6 Å². The van der Waals surface area contributed by atoms with Gasteiger partial charge in [-0.2, -0.15) is 0 Å². The molecule has 2 N–H and O–H groups in total. The van der Waals surface area contributed by atoms with Crippen molar-refractivity contribution < 1.29 is 23.9 Å². The highest BCUT2D eigenvalue weighted by molar-refractivity contribution is 5.98. The standard InChI is InChI=1S/C23H23N3O5/c1-2-30-18-11-7-6-10-16(18)21-20-17(14-31-22(20)28)26(23(29)25-21)13-19(27)24-12-15-8-4-3-5-9-15/h3-11,21H,2,12-14H2,1H3,(H,24,27)(H,25,29)/t21-/m0/s1. The van der Waals surface area contributed by atoms with E-state index in [4.69, 9.17) is 9.47 Å². The fraction of sp³-hybridized carbons (Fsp3) is 0.261. The van der Waals surface area contributed by atoms with Crippen LogP contribution in [-0.2, 0) is 20.9 Å². The highest BCUT2D eigenvalue weighted by Crippen LogP contribution is 2.38. The van der Waals surface area contributed by atoms with Gasteiger partial charge in [-0.25, -0.2) is 9.59 Å². The molecule has 8 nitrogen and oxygen atoms in total. The first-order valence-corrected chi connectivity index (χ1v) is 10.1. The number of cyclic esters (lactones) is 1. The van der Waals surface area contributed by atoms with Crippen molar-refractivity contribution >= 4 is 17.9 Å². The number of carbonyl (C=O) groups is 3. The molecule has 4 rings (SSSR count). The largest absolute Gasteiger partial charge is 0.494 e. The lowest BCUT2D eigenvalue weighted by atomic mass is 9.95. The maximum Gasteiger partial charge on any atom is 0.338 e. The number of benzene rings is 2. The Morgan fingerprint density at radius 3 is 2.68 bits per heavy atom.